The first-order chi connectivity index (χ1) is 9.56. The predicted molar refractivity (Wildman–Crippen MR) is 77.0 cm³/mol. The molecule has 1 saturated heterocycles. The molecule has 1 aromatic rings. The van der Waals surface area contributed by atoms with Crippen LogP contribution in [0, 0.1) is 5.92 Å². The van der Waals surface area contributed by atoms with Gasteiger partial charge in [-0.05, 0) is 44.0 Å². The van der Waals surface area contributed by atoms with Gasteiger partial charge < -0.3 is 16.4 Å². The van der Waals surface area contributed by atoms with Crippen LogP contribution >= 0.6 is 0 Å². The van der Waals surface area contributed by atoms with Crippen molar-refractivity contribution in [2.24, 2.45) is 11.7 Å². The molecule has 1 aliphatic rings. The van der Waals surface area contributed by atoms with E-state index in [1.54, 1.807) is 18.2 Å². The van der Waals surface area contributed by atoms with Gasteiger partial charge in [-0.1, -0.05) is 12.1 Å². The van der Waals surface area contributed by atoms with Crippen LogP contribution in [-0.4, -0.2) is 24.4 Å². The number of amides is 2. The summed E-state index contributed by atoms with van der Waals surface area (Å²) < 4.78 is 0. The van der Waals surface area contributed by atoms with Gasteiger partial charge in [0.15, 0.2) is 0 Å². The Morgan fingerprint density at radius 3 is 2.95 bits per heavy atom. The van der Waals surface area contributed by atoms with Crippen molar-refractivity contribution in [2.75, 3.05) is 6.54 Å². The third kappa shape index (κ3) is 3.81. The van der Waals surface area contributed by atoms with Crippen LogP contribution in [0.1, 0.15) is 35.7 Å². The highest BCUT2D eigenvalue weighted by atomic mass is 16.2. The minimum Gasteiger partial charge on any atom is -0.366 e. The third-order valence-corrected chi connectivity index (χ3v) is 3.67. The van der Waals surface area contributed by atoms with Gasteiger partial charge in [-0.15, -0.1) is 0 Å². The van der Waals surface area contributed by atoms with Crippen LogP contribution in [0.3, 0.4) is 0 Å². The van der Waals surface area contributed by atoms with E-state index in [0.29, 0.717) is 18.2 Å². The molecule has 2 amide bonds. The van der Waals surface area contributed by atoms with Crippen LogP contribution in [0.5, 0.6) is 0 Å². The molecule has 20 heavy (non-hydrogen) atoms. The van der Waals surface area contributed by atoms with Crippen LogP contribution in [0.2, 0.25) is 0 Å². The summed E-state index contributed by atoms with van der Waals surface area (Å²) in [6.07, 6.45) is 1.74. The highest BCUT2D eigenvalue weighted by molar-refractivity contribution is 5.92. The van der Waals surface area contributed by atoms with E-state index >= 15 is 0 Å². The Kier molecular flexibility index (Phi) is 4.74. The summed E-state index contributed by atoms with van der Waals surface area (Å²) in [5.74, 6) is -0.293. The molecule has 0 spiro atoms. The zero-order valence-corrected chi connectivity index (χ0v) is 11.7. The van der Waals surface area contributed by atoms with Crippen molar-refractivity contribution in [1.29, 1.82) is 0 Å². The van der Waals surface area contributed by atoms with E-state index in [0.717, 1.165) is 24.9 Å². The highest BCUT2D eigenvalue weighted by Crippen LogP contribution is 2.16. The number of hydrogen-bond acceptors (Lipinski definition) is 3. The van der Waals surface area contributed by atoms with Crippen molar-refractivity contribution in [3.8, 4) is 0 Å². The Labute approximate surface area is 118 Å². The summed E-state index contributed by atoms with van der Waals surface area (Å²) in [6, 6.07) is 7.42. The molecule has 4 N–H and O–H groups in total. The van der Waals surface area contributed by atoms with E-state index in [1.807, 2.05) is 6.07 Å². The first kappa shape index (κ1) is 14.5. The molecule has 108 valence electrons. The number of primary amides is 1. The number of carbonyl (C=O) groups is 2. The number of hydrogen-bond donors (Lipinski definition) is 3. The van der Waals surface area contributed by atoms with Crippen LogP contribution < -0.4 is 16.4 Å². The molecule has 0 unspecified atom stereocenters. The largest absolute Gasteiger partial charge is 0.366 e. The van der Waals surface area contributed by atoms with E-state index in [4.69, 9.17) is 5.73 Å². The van der Waals surface area contributed by atoms with Gasteiger partial charge in [0.2, 0.25) is 11.8 Å². The lowest BCUT2D eigenvalue weighted by Crippen LogP contribution is -2.42. The Hall–Kier alpha value is -1.88. The third-order valence-electron chi connectivity index (χ3n) is 3.67. The standard InChI is InChI=1S/C15H21N3O2/c1-10-7-13(5-6-17-10)15(20)18-9-11-3-2-4-12(8-11)14(16)19/h2-4,8,10,13,17H,5-7,9H2,1H3,(H2,16,19)(H,18,20)/t10-,13-/m0/s1. The van der Waals surface area contributed by atoms with Crippen LogP contribution in [0.25, 0.3) is 0 Å². The van der Waals surface area contributed by atoms with Crippen molar-refractivity contribution in [3.05, 3.63) is 35.4 Å². The number of nitrogens with two attached hydrogens (primary N) is 1. The smallest absolute Gasteiger partial charge is 0.248 e. The van der Waals surface area contributed by atoms with Crippen molar-refractivity contribution in [2.45, 2.75) is 32.4 Å². The van der Waals surface area contributed by atoms with E-state index in [9.17, 15) is 9.59 Å². The molecule has 5 nitrogen and oxygen atoms in total. The molecule has 2 atom stereocenters. The van der Waals surface area contributed by atoms with Gasteiger partial charge in [0, 0.05) is 24.1 Å². The molecule has 0 bridgehead atoms. The van der Waals surface area contributed by atoms with Crippen LogP contribution in [0.4, 0.5) is 0 Å². The van der Waals surface area contributed by atoms with Gasteiger partial charge in [0.05, 0.1) is 0 Å². The lowest BCUT2D eigenvalue weighted by atomic mass is 9.92. The number of carbonyl (C=O) groups excluding carboxylic acids is 2. The minimum absolute atomic E-state index is 0.0746. The fraction of sp³-hybridized carbons (Fsp3) is 0.467. The predicted octanol–water partition coefficient (Wildman–Crippen LogP) is 0.790. The molecular weight excluding hydrogens is 254 g/mol. The van der Waals surface area contributed by atoms with Gasteiger partial charge in [-0.3, -0.25) is 9.59 Å². The van der Waals surface area contributed by atoms with Gasteiger partial charge in [-0.25, -0.2) is 0 Å². The fourth-order valence-electron chi connectivity index (χ4n) is 2.54. The van der Waals surface area contributed by atoms with Crippen molar-refractivity contribution in [1.82, 2.24) is 10.6 Å². The van der Waals surface area contributed by atoms with Crippen molar-refractivity contribution < 1.29 is 9.59 Å². The summed E-state index contributed by atoms with van der Waals surface area (Å²) in [4.78, 5) is 23.2. The molecule has 0 aromatic heterocycles. The molecule has 0 aliphatic carbocycles. The molecular formula is C15H21N3O2. The zero-order chi connectivity index (χ0) is 14.5. The Morgan fingerprint density at radius 1 is 1.45 bits per heavy atom. The first-order valence-corrected chi connectivity index (χ1v) is 6.96. The van der Waals surface area contributed by atoms with Crippen molar-refractivity contribution >= 4 is 11.8 Å². The molecule has 1 fully saturated rings. The van der Waals surface area contributed by atoms with Crippen LogP contribution in [-0.2, 0) is 11.3 Å². The second-order valence-electron chi connectivity index (χ2n) is 5.36. The molecule has 2 rings (SSSR count). The molecule has 0 saturated carbocycles. The molecule has 5 heteroatoms. The maximum absolute atomic E-state index is 12.1. The number of rotatable bonds is 4. The van der Waals surface area contributed by atoms with E-state index in [2.05, 4.69) is 17.6 Å². The number of nitrogens with one attached hydrogen (secondary N) is 2. The normalized spacial score (nSPS) is 22.2. The first-order valence-electron chi connectivity index (χ1n) is 6.96. The van der Waals surface area contributed by atoms with Crippen molar-refractivity contribution in [3.63, 3.8) is 0 Å². The molecule has 1 aliphatic heterocycles. The van der Waals surface area contributed by atoms with E-state index in [-0.39, 0.29) is 11.8 Å². The second-order valence-corrected chi connectivity index (χ2v) is 5.36. The number of benzene rings is 1. The van der Waals surface area contributed by atoms with Gasteiger partial charge in [0.1, 0.15) is 0 Å². The Balaban J connectivity index is 1.89. The van der Waals surface area contributed by atoms with E-state index in [1.165, 1.54) is 0 Å². The van der Waals surface area contributed by atoms with Gasteiger partial charge in [0.25, 0.3) is 0 Å². The Bertz CT molecular complexity index is 502. The Morgan fingerprint density at radius 2 is 2.25 bits per heavy atom. The summed E-state index contributed by atoms with van der Waals surface area (Å²) in [5, 5.41) is 6.27. The quantitative estimate of drug-likeness (QED) is 0.759. The SMILES string of the molecule is C[C@H]1C[C@@H](C(=O)NCc2cccc(C(N)=O)c2)CCN1. The highest BCUT2D eigenvalue weighted by Gasteiger charge is 2.24. The lowest BCUT2D eigenvalue weighted by Gasteiger charge is -2.27. The summed E-state index contributed by atoms with van der Waals surface area (Å²) in [5.41, 5.74) is 6.59. The number of piperidine rings is 1. The average molecular weight is 275 g/mol. The van der Waals surface area contributed by atoms with Gasteiger partial charge >= 0.3 is 0 Å². The summed E-state index contributed by atoms with van der Waals surface area (Å²) in [7, 11) is 0. The monoisotopic (exact) mass is 275 g/mol. The molecule has 1 heterocycles. The second kappa shape index (κ2) is 6.52. The topological polar surface area (TPSA) is 84.2 Å². The van der Waals surface area contributed by atoms with E-state index < -0.39 is 5.91 Å². The average Bonchev–Trinajstić information content (AvgIpc) is 2.45. The lowest BCUT2D eigenvalue weighted by molar-refractivity contribution is -0.126. The zero-order valence-electron chi connectivity index (χ0n) is 11.7. The fourth-order valence-corrected chi connectivity index (χ4v) is 2.54. The molecule has 0 radical (unpaired) electrons. The molecule has 1 aromatic carbocycles. The van der Waals surface area contributed by atoms with Gasteiger partial charge in [-0.2, -0.15) is 0 Å². The summed E-state index contributed by atoms with van der Waals surface area (Å²) >= 11 is 0. The maximum atomic E-state index is 12.1. The van der Waals surface area contributed by atoms with Crippen LogP contribution in [0.15, 0.2) is 24.3 Å². The minimum atomic E-state index is -0.453. The summed E-state index contributed by atoms with van der Waals surface area (Å²) in [6.45, 7) is 3.41. The maximum Gasteiger partial charge on any atom is 0.248 e.